The average molecular weight is 480 g/mol. The van der Waals surface area contributed by atoms with Gasteiger partial charge in [0.25, 0.3) is 0 Å². The van der Waals surface area contributed by atoms with E-state index in [4.69, 9.17) is 34.3 Å². The predicted molar refractivity (Wildman–Crippen MR) is 98.9 cm³/mol. The van der Waals surface area contributed by atoms with Crippen LogP contribution < -0.4 is 5.19 Å². The van der Waals surface area contributed by atoms with Crippen molar-refractivity contribution in [2.45, 2.75) is 38.8 Å². The maximum Gasteiger partial charge on any atom is 0.195 e. The maximum absolute atomic E-state index is 7.05. The molecular weight excluding hydrogens is 461 g/mol. The van der Waals surface area contributed by atoms with Gasteiger partial charge in [-0.2, -0.15) is 11.1 Å². The van der Waals surface area contributed by atoms with E-state index in [1.54, 1.807) is 12.4 Å². The Kier molecular flexibility index (Phi) is 7.73. The first-order valence-corrected chi connectivity index (χ1v) is 11.2. The zero-order chi connectivity index (χ0) is 16.5. The minimum atomic E-state index is -2.31. The third-order valence-corrected chi connectivity index (χ3v) is 12.8. The van der Waals surface area contributed by atoms with Gasteiger partial charge in [-0.25, -0.2) is 0 Å². The van der Waals surface area contributed by atoms with Gasteiger partial charge in [-0.1, -0.05) is 57.0 Å². The van der Waals surface area contributed by atoms with Gasteiger partial charge >= 0.3 is 0 Å². The Bertz CT molecular complexity index is 658. The summed E-state index contributed by atoms with van der Waals surface area (Å²) in [5.74, 6) is 0. The molecule has 0 radical (unpaired) electrons. The van der Waals surface area contributed by atoms with Crippen LogP contribution in [-0.2, 0) is 20.4 Å². The molecule has 0 saturated carbocycles. The van der Waals surface area contributed by atoms with E-state index in [1.165, 1.54) is 0 Å². The normalized spacial score (nSPS) is 11.7. The molecule has 0 aliphatic carbocycles. The molecule has 0 bridgehead atoms. The van der Waals surface area contributed by atoms with Gasteiger partial charge in [-0.15, -0.1) is 0 Å². The summed E-state index contributed by atoms with van der Waals surface area (Å²) >= 11 is 20.1. The monoisotopic (exact) mass is 478 g/mol. The van der Waals surface area contributed by atoms with Crippen LogP contribution in [0.2, 0.25) is 21.1 Å². The molecule has 128 valence electrons. The summed E-state index contributed by atoms with van der Waals surface area (Å²) in [5, 5.41) is 1.85. The SMILES string of the molecule is CC(C)[Si](Cl)(c1cnc(-c2ccccn2)c(Cl)c1Cl)C(C)C.[Pd]. The fraction of sp³-hybridized carbons (Fsp3) is 0.375. The molecule has 0 aliphatic rings. The standard InChI is InChI=1S/C16H19Cl3N2Si.Pd/c1-10(2)22(19,11(3)4)13-9-21-16(15(18)14(13)17)12-7-5-6-8-20-12;/h5-11H,1-4H3;. The maximum atomic E-state index is 7.05. The van der Waals surface area contributed by atoms with Gasteiger partial charge < -0.3 is 0 Å². The second-order valence-corrected chi connectivity index (χ2v) is 13.0. The van der Waals surface area contributed by atoms with Crippen molar-refractivity contribution in [2.75, 3.05) is 0 Å². The number of hydrogen-bond acceptors (Lipinski definition) is 2. The van der Waals surface area contributed by atoms with E-state index in [1.807, 2.05) is 18.2 Å². The van der Waals surface area contributed by atoms with E-state index in [0.717, 1.165) is 5.19 Å². The van der Waals surface area contributed by atoms with Crippen LogP contribution in [0, 0.1) is 0 Å². The molecule has 2 aromatic heterocycles. The van der Waals surface area contributed by atoms with Crippen molar-refractivity contribution in [3.63, 3.8) is 0 Å². The van der Waals surface area contributed by atoms with Gasteiger partial charge in [0.05, 0.1) is 15.7 Å². The van der Waals surface area contributed by atoms with E-state index in [0.29, 0.717) is 32.5 Å². The van der Waals surface area contributed by atoms with Crippen molar-refractivity contribution in [3.8, 4) is 11.4 Å². The van der Waals surface area contributed by atoms with Gasteiger partial charge in [0.15, 0.2) is 7.38 Å². The molecule has 0 unspecified atom stereocenters. The van der Waals surface area contributed by atoms with Gasteiger partial charge in [-0.05, 0) is 28.4 Å². The summed E-state index contributed by atoms with van der Waals surface area (Å²) in [5.41, 5.74) is 1.95. The molecule has 23 heavy (non-hydrogen) atoms. The third kappa shape index (κ3) is 4.00. The van der Waals surface area contributed by atoms with Gasteiger partial charge in [0, 0.05) is 32.8 Å². The predicted octanol–water partition coefficient (Wildman–Crippen LogP) is 5.66. The first kappa shape index (κ1) is 21.1. The molecule has 0 saturated heterocycles. The largest absolute Gasteiger partial charge is 0.255 e. The number of halogens is 3. The molecule has 0 fully saturated rings. The first-order chi connectivity index (χ1) is 10.3. The smallest absolute Gasteiger partial charge is 0.195 e. The van der Waals surface area contributed by atoms with Crippen molar-refractivity contribution in [3.05, 3.63) is 40.6 Å². The van der Waals surface area contributed by atoms with E-state index in [-0.39, 0.29) is 20.4 Å². The fourth-order valence-corrected chi connectivity index (χ4v) is 7.51. The molecule has 0 N–H and O–H groups in total. The number of hydrogen-bond donors (Lipinski definition) is 0. The van der Waals surface area contributed by atoms with Crippen LogP contribution in [0.25, 0.3) is 11.4 Å². The van der Waals surface area contributed by atoms with Crippen molar-refractivity contribution in [1.82, 2.24) is 9.97 Å². The van der Waals surface area contributed by atoms with Crippen LogP contribution in [0.5, 0.6) is 0 Å². The molecule has 2 rings (SSSR count). The summed E-state index contributed by atoms with van der Waals surface area (Å²) in [6.45, 7) is 8.54. The summed E-state index contributed by atoms with van der Waals surface area (Å²) in [4.78, 5) is 8.80. The second-order valence-electron chi connectivity index (χ2n) is 5.94. The zero-order valence-corrected chi connectivity index (χ0v) is 18.2. The summed E-state index contributed by atoms with van der Waals surface area (Å²) in [6.07, 6.45) is 3.50. The minimum absolute atomic E-state index is 0. The average Bonchev–Trinajstić information content (AvgIpc) is 2.49. The molecule has 7 heteroatoms. The van der Waals surface area contributed by atoms with E-state index >= 15 is 0 Å². The van der Waals surface area contributed by atoms with Crippen LogP contribution in [0.15, 0.2) is 30.6 Å². The van der Waals surface area contributed by atoms with Crippen molar-refractivity contribution >= 4 is 46.9 Å². The molecule has 0 atom stereocenters. The number of pyridine rings is 2. The minimum Gasteiger partial charge on any atom is -0.255 e. The summed E-state index contributed by atoms with van der Waals surface area (Å²) in [7, 11) is -2.31. The Hall–Kier alpha value is 0.0492. The van der Waals surface area contributed by atoms with Crippen molar-refractivity contribution in [2.24, 2.45) is 0 Å². The topological polar surface area (TPSA) is 25.8 Å². The zero-order valence-electron chi connectivity index (χ0n) is 13.4. The van der Waals surface area contributed by atoms with Crippen LogP contribution in [0.3, 0.4) is 0 Å². The molecule has 0 amide bonds. The van der Waals surface area contributed by atoms with Crippen LogP contribution >= 0.6 is 34.3 Å². The Balaban J connectivity index is 0.00000264. The molecule has 2 nitrogen and oxygen atoms in total. The molecule has 0 spiro atoms. The quantitative estimate of drug-likeness (QED) is 0.417. The van der Waals surface area contributed by atoms with E-state index in [9.17, 15) is 0 Å². The Morgan fingerprint density at radius 1 is 0.957 bits per heavy atom. The van der Waals surface area contributed by atoms with Crippen LogP contribution in [-0.4, -0.2) is 17.4 Å². The Morgan fingerprint density at radius 3 is 2.04 bits per heavy atom. The fourth-order valence-electron chi connectivity index (χ4n) is 2.70. The van der Waals surface area contributed by atoms with Crippen LogP contribution in [0.4, 0.5) is 0 Å². The van der Waals surface area contributed by atoms with Crippen molar-refractivity contribution in [1.29, 1.82) is 0 Å². The number of rotatable bonds is 4. The molecule has 0 aromatic carbocycles. The number of nitrogens with zero attached hydrogens (tertiary/aromatic N) is 2. The summed E-state index contributed by atoms with van der Waals surface area (Å²) in [6, 6.07) is 5.60. The van der Waals surface area contributed by atoms with Gasteiger partial charge in [-0.3, -0.25) is 9.97 Å². The summed E-state index contributed by atoms with van der Waals surface area (Å²) < 4.78 is 0. The molecule has 0 aliphatic heterocycles. The van der Waals surface area contributed by atoms with Crippen LogP contribution in [0.1, 0.15) is 27.7 Å². The van der Waals surface area contributed by atoms with Gasteiger partial charge in [0.2, 0.25) is 0 Å². The van der Waals surface area contributed by atoms with Crippen molar-refractivity contribution < 1.29 is 20.4 Å². The molecular formula is C16H19Cl3N2PdSi. The van der Waals surface area contributed by atoms with Gasteiger partial charge in [0.1, 0.15) is 5.69 Å². The molecule has 2 heterocycles. The van der Waals surface area contributed by atoms with E-state index < -0.39 is 7.38 Å². The second kappa shape index (κ2) is 8.43. The Morgan fingerprint density at radius 2 is 1.57 bits per heavy atom. The first-order valence-electron chi connectivity index (χ1n) is 7.24. The Labute approximate surface area is 167 Å². The molecule has 2 aromatic rings. The third-order valence-electron chi connectivity index (χ3n) is 3.96. The van der Waals surface area contributed by atoms with E-state index in [2.05, 4.69) is 37.7 Å². The number of aromatic nitrogens is 2.